The molecule has 15 heavy (non-hydrogen) atoms. The van der Waals surface area contributed by atoms with Crippen molar-refractivity contribution < 1.29 is 4.79 Å². The average molecular weight is 207 g/mol. The normalized spacial score (nSPS) is 25.9. The number of rotatable bonds is 5. The molecular formula is C13H21NO. The summed E-state index contributed by atoms with van der Waals surface area (Å²) in [6.07, 6.45) is 11.9. The number of nitrogens with two attached hydrogens (primary N) is 1. The maximum atomic E-state index is 11.9. The zero-order valence-corrected chi connectivity index (χ0v) is 9.37. The summed E-state index contributed by atoms with van der Waals surface area (Å²) in [6.45, 7) is 0.658. The maximum absolute atomic E-state index is 11.9. The Kier molecular flexibility index (Phi) is 5.42. The molecular weight excluding hydrogens is 186 g/mol. The Morgan fingerprint density at radius 3 is 2.80 bits per heavy atom. The summed E-state index contributed by atoms with van der Waals surface area (Å²) in [5.74, 6) is 3.62. The maximum Gasteiger partial charge on any atom is 0.136 e. The predicted molar refractivity (Wildman–Crippen MR) is 62.2 cm³/mol. The van der Waals surface area contributed by atoms with Gasteiger partial charge in [0.15, 0.2) is 0 Å². The van der Waals surface area contributed by atoms with Gasteiger partial charge < -0.3 is 5.73 Å². The predicted octanol–water partition coefficient (Wildman–Crippen LogP) is 2.12. The van der Waals surface area contributed by atoms with Gasteiger partial charge in [0, 0.05) is 18.8 Å². The lowest BCUT2D eigenvalue weighted by Crippen LogP contribution is -2.32. The molecule has 2 heteroatoms. The second-order valence-corrected chi connectivity index (χ2v) is 4.41. The van der Waals surface area contributed by atoms with Gasteiger partial charge in [-0.3, -0.25) is 4.79 Å². The summed E-state index contributed by atoms with van der Waals surface area (Å²) in [5.41, 5.74) is 5.70. The van der Waals surface area contributed by atoms with Crippen LogP contribution in [0.4, 0.5) is 0 Å². The van der Waals surface area contributed by atoms with E-state index in [9.17, 15) is 4.79 Å². The van der Waals surface area contributed by atoms with Gasteiger partial charge in [-0.25, -0.2) is 0 Å². The molecule has 1 rings (SSSR count). The van der Waals surface area contributed by atoms with E-state index in [1.54, 1.807) is 0 Å². The first-order chi connectivity index (χ1) is 7.29. The van der Waals surface area contributed by atoms with Crippen molar-refractivity contribution in [1.82, 2.24) is 0 Å². The summed E-state index contributed by atoms with van der Waals surface area (Å²) in [6, 6.07) is 0. The van der Waals surface area contributed by atoms with Crippen molar-refractivity contribution in [2.45, 2.75) is 44.9 Å². The van der Waals surface area contributed by atoms with E-state index in [1.165, 1.54) is 12.8 Å². The quantitative estimate of drug-likeness (QED) is 0.554. The fourth-order valence-corrected chi connectivity index (χ4v) is 2.46. The van der Waals surface area contributed by atoms with Gasteiger partial charge in [-0.05, 0) is 31.7 Å². The lowest BCUT2D eigenvalue weighted by Gasteiger charge is -2.29. The molecule has 0 aromatic carbocycles. The van der Waals surface area contributed by atoms with Crippen LogP contribution in [0.1, 0.15) is 44.9 Å². The van der Waals surface area contributed by atoms with Crippen molar-refractivity contribution in [3.8, 4) is 12.3 Å². The van der Waals surface area contributed by atoms with E-state index in [0.717, 1.165) is 19.3 Å². The number of unbranched alkanes of at least 4 members (excludes halogenated alkanes) is 1. The molecule has 0 aromatic rings. The molecule has 0 amide bonds. The summed E-state index contributed by atoms with van der Waals surface area (Å²) >= 11 is 0. The molecule has 2 N–H and O–H groups in total. The van der Waals surface area contributed by atoms with Crippen molar-refractivity contribution >= 4 is 5.78 Å². The minimum Gasteiger partial charge on any atom is -0.330 e. The third-order valence-electron chi connectivity index (χ3n) is 3.37. The molecule has 1 aliphatic carbocycles. The van der Waals surface area contributed by atoms with Gasteiger partial charge in [-0.2, -0.15) is 0 Å². The Morgan fingerprint density at radius 2 is 2.13 bits per heavy atom. The van der Waals surface area contributed by atoms with Gasteiger partial charge in [0.25, 0.3) is 0 Å². The van der Waals surface area contributed by atoms with Crippen molar-refractivity contribution in [3.63, 3.8) is 0 Å². The topological polar surface area (TPSA) is 43.1 Å². The van der Waals surface area contributed by atoms with Crippen LogP contribution in [0, 0.1) is 24.2 Å². The lowest BCUT2D eigenvalue weighted by atomic mass is 9.76. The van der Waals surface area contributed by atoms with Crippen LogP contribution in [-0.2, 0) is 4.79 Å². The van der Waals surface area contributed by atoms with Gasteiger partial charge >= 0.3 is 0 Å². The van der Waals surface area contributed by atoms with Crippen LogP contribution >= 0.6 is 0 Å². The highest BCUT2D eigenvalue weighted by atomic mass is 16.1. The highest BCUT2D eigenvalue weighted by Gasteiger charge is 2.28. The van der Waals surface area contributed by atoms with E-state index < -0.39 is 0 Å². The van der Waals surface area contributed by atoms with Crippen molar-refractivity contribution in [2.24, 2.45) is 17.6 Å². The number of ketones is 1. The zero-order chi connectivity index (χ0) is 11.1. The van der Waals surface area contributed by atoms with Gasteiger partial charge in [0.05, 0.1) is 0 Å². The third kappa shape index (κ3) is 3.68. The standard InChI is InChI=1S/C13H21NO/c1-2-3-4-9-13(15)12-8-6-5-7-11(12)10-14/h1,11-12H,3-10,14H2. The van der Waals surface area contributed by atoms with Crippen LogP contribution in [0.15, 0.2) is 0 Å². The van der Waals surface area contributed by atoms with Crippen molar-refractivity contribution in [3.05, 3.63) is 0 Å². The van der Waals surface area contributed by atoms with Crippen LogP contribution in [0.25, 0.3) is 0 Å². The molecule has 1 aliphatic rings. The smallest absolute Gasteiger partial charge is 0.136 e. The first-order valence-electron chi connectivity index (χ1n) is 5.95. The monoisotopic (exact) mass is 207 g/mol. The largest absolute Gasteiger partial charge is 0.330 e. The third-order valence-corrected chi connectivity index (χ3v) is 3.37. The van der Waals surface area contributed by atoms with Crippen molar-refractivity contribution in [1.29, 1.82) is 0 Å². The Morgan fingerprint density at radius 1 is 1.40 bits per heavy atom. The van der Waals surface area contributed by atoms with Gasteiger partial charge in [-0.1, -0.05) is 12.8 Å². The highest BCUT2D eigenvalue weighted by molar-refractivity contribution is 5.81. The highest BCUT2D eigenvalue weighted by Crippen LogP contribution is 2.31. The van der Waals surface area contributed by atoms with E-state index >= 15 is 0 Å². The number of Topliss-reactive ketones (excluding diaryl/α,β-unsaturated/α-hetero) is 1. The molecule has 1 fully saturated rings. The minimum absolute atomic E-state index is 0.224. The molecule has 0 saturated heterocycles. The Hall–Kier alpha value is -0.810. The molecule has 84 valence electrons. The van der Waals surface area contributed by atoms with Crippen LogP contribution < -0.4 is 5.73 Å². The molecule has 0 heterocycles. The fourth-order valence-electron chi connectivity index (χ4n) is 2.46. The van der Waals surface area contributed by atoms with Crippen LogP contribution in [-0.4, -0.2) is 12.3 Å². The van der Waals surface area contributed by atoms with E-state index in [4.69, 9.17) is 12.2 Å². The zero-order valence-electron chi connectivity index (χ0n) is 9.37. The molecule has 0 spiro atoms. The lowest BCUT2D eigenvalue weighted by molar-refractivity contribution is -0.125. The molecule has 1 saturated carbocycles. The number of carbonyl (C=O) groups is 1. The van der Waals surface area contributed by atoms with Crippen molar-refractivity contribution in [2.75, 3.05) is 6.54 Å². The molecule has 0 radical (unpaired) electrons. The number of hydrogen-bond donors (Lipinski definition) is 1. The molecule has 2 nitrogen and oxygen atoms in total. The molecule has 0 bridgehead atoms. The number of terminal acetylenes is 1. The molecule has 2 atom stereocenters. The molecule has 0 aromatic heterocycles. The second-order valence-electron chi connectivity index (χ2n) is 4.41. The Labute approximate surface area is 92.6 Å². The van der Waals surface area contributed by atoms with Crippen LogP contribution in [0.5, 0.6) is 0 Å². The number of carbonyl (C=O) groups excluding carboxylic acids is 1. The van der Waals surface area contributed by atoms with E-state index in [-0.39, 0.29) is 5.92 Å². The van der Waals surface area contributed by atoms with Gasteiger partial charge in [0.2, 0.25) is 0 Å². The van der Waals surface area contributed by atoms with Crippen LogP contribution in [0.3, 0.4) is 0 Å². The van der Waals surface area contributed by atoms with Gasteiger partial charge in [-0.15, -0.1) is 12.3 Å². The van der Waals surface area contributed by atoms with Gasteiger partial charge in [0.1, 0.15) is 5.78 Å². The minimum atomic E-state index is 0.224. The fraction of sp³-hybridized carbons (Fsp3) is 0.769. The second kappa shape index (κ2) is 6.63. The molecule has 0 aliphatic heterocycles. The Bertz CT molecular complexity index is 241. The SMILES string of the molecule is C#CCCCC(=O)C1CCCCC1CN. The van der Waals surface area contributed by atoms with Crippen LogP contribution in [0.2, 0.25) is 0 Å². The first kappa shape index (κ1) is 12.3. The molecule has 2 unspecified atom stereocenters. The average Bonchev–Trinajstić information content (AvgIpc) is 2.29. The van der Waals surface area contributed by atoms with E-state index in [0.29, 0.717) is 31.1 Å². The van der Waals surface area contributed by atoms with E-state index in [2.05, 4.69) is 5.92 Å². The van der Waals surface area contributed by atoms with E-state index in [1.807, 2.05) is 0 Å². The number of hydrogen-bond acceptors (Lipinski definition) is 2. The Balaban J connectivity index is 2.38. The first-order valence-corrected chi connectivity index (χ1v) is 5.95. The summed E-state index contributed by atoms with van der Waals surface area (Å²) in [4.78, 5) is 11.9. The summed E-state index contributed by atoms with van der Waals surface area (Å²) in [7, 11) is 0. The summed E-state index contributed by atoms with van der Waals surface area (Å²) in [5, 5.41) is 0. The summed E-state index contributed by atoms with van der Waals surface area (Å²) < 4.78 is 0.